The summed E-state index contributed by atoms with van der Waals surface area (Å²) >= 11 is 0. The van der Waals surface area contributed by atoms with Crippen molar-refractivity contribution in [2.24, 2.45) is 5.92 Å². The lowest BCUT2D eigenvalue weighted by atomic mass is 9.86. The molecule has 0 saturated heterocycles. The lowest BCUT2D eigenvalue weighted by Crippen LogP contribution is -2.28. The Kier molecular flexibility index (Phi) is 6.20. The van der Waals surface area contributed by atoms with Gasteiger partial charge in [-0.3, -0.25) is 4.31 Å². The second-order valence-electron chi connectivity index (χ2n) is 9.55. The first-order valence-corrected chi connectivity index (χ1v) is 12.3. The van der Waals surface area contributed by atoms with E-state index in [0.29, 0.717) is 31.5 Å². The van der Waals surface area contributed by atoms with Crippen molar-refractivity contribution in [3.63, 3.8) is 0 Å². The first-order chi connectivity index (χ1) is 13.8. The fourth-order valence-electron chi connectivity index (χ4n) is 4.17. The minimum atomic E-state index is -3.37. The first-order valence-electron chi connectivity index (χ1n) is 10.7. The van der Waals surface area contributed by atoms with Crippen LogP contribution in [0.2, 0.25) is 0 Å². The monoisotopic (exact) mass is 441 g/mol. The zero-order valence-corrected chi connectivity index (χ0v) is 19.4. The minimum absolute atomic E-state index is 0.0562. The summed E-state index contributed by atoms with van der Waals surface area (Å²) in [5.74, 6) is -1.36. The van der Waals surface area contributed by atoms with Gasteiger partial charge in [0.05, 0.1) is 22.5 Å². The Morgan fingerprint density at radius 3 is 2.43 bits per heavy atom. The zero-order valence-electron chi connectivity index (χ0n) is 18.6. The van der Waals surface area contributed by atoms with E-state index in [9.17, 15) is 17.2 Å². The summed E-state index contributed by atoms with van der Waals surface area (Å²) in [7, 11) is -1.80. The maximum absolute atomic E-state index is 13.6. The molecule has 1 aromatic heterocycles. The predicted octanol–water partition coefficient (Wildman–Crippen LogP) is 5.34. The largest absolute Gasteiger partial charge is 0.327 e. The SMILES string of the molecule is CCCS(=O)(=O)N(C)c1ccc2c(c1)nc(C(C)(C)C)n2CC1CCC(F)(F)CC1. The van der Waals surface area contributed by atoms with Crippen LogP contribution in [0.5, 0.6) is 0 Å². The summed E-state index contributed by atoms with van der Waals surface area (Å²) in [5.41, 5.74) is 2.01. The molecule has 1 aromatic carbocycles. The number of aromatic nitrogens is 2. The normalized spacial score (nSPS) is 18.1. The third kappa shape index (κ3) is 4.79. The summed E-state index contributed by atoms with van der Waals surface area (Å²) in [6.45, 7) is 8.74. The number of sulfonamides is 1. The van der Waals surface area contributed by atoms with Crippen LogP contribution in [0.25, 0.3) is 11.0 Å². The van der Waals surface area contributed by atoms with Crippen LogP contribution >= 0.6 is 0 Å². The van der Waals surface area contributed by atoms with Crippen molar-refractivity contribution in [2.45, 2.75) is 77.7 Å². The molecule has 5 nitrogen and oxygen atoms in total. The van der Waals surface area contributed by atoms with E-state index in [1.54, 1.807) is 13.1 Å². The van der Waals surface area contributed by atoms with Gasteiger partial charge in [-0.1, -0.05) is 27.7 Å². The van der Waals surface area contributed by atoms with Crippen LogP contribution in [0.4, 0.5) is 14.5 Å². The second-order valence-corrected chi connectivity index (χ2v) is 11.7. The van der Waals surface area contributed by atoms with Crippen molar-refractivity contribution < 1.29 is 17.2 Å². The van der Waals surface area contributed by atoms with Crippen LogP contribution in [0, 0.1) is 5.92 Å². The number of anilines is 1. The van der Waals surface area contributed by atoms with Crippen molar-refractivity contribution in [1.29, 1.82) is 0 Å². The van der Waals surface area contributed by atoms with Crippen LogP contribution < -0.4 is 4.31 Å². The third-order valence-electron chi connectivity index (χ3n) is 5.92. The summed E-state index contributed by atoms with van der Waals surface area (Å²) in [6.07, 6.45) is 1.45. The van der Waals surface area contributed by atoms with Crippen LogP contribution in [0.1, 0.15) is 65.6 Å². The average Bonchev–Trinajstić information content (AvgIpc) is 3.01. The van der Waals surface area contributed by atoms with Crippen LogP contribution in [-0.2, 0) is 22.0 Å². The molecular weight excluding hydrogens is 408 g/mol. The molecular formula is C22H33F2N3O2S. The number of halogens is 2. The Labute approximate surface area is 178 Å². The average molecular weight is 442 g/mol. The number of nitrogens with zero attached hydrogens (tertiary/aromatic N) is 3. The Balaban J connectivity index is 1.98. The molecule has 0 spiro atoms. The van der Waals surface area contributed by atoms with Crippen molar-refractivity contribution in [2.75, 3.05) is 17.1 Å². The van der Waals surface area contributed by atoms with Gasteiger partial charge >= 0.3 is 0 Å². The van der Waals surface area contributed by atoms with Gasteiger partial charge in [0, 0.05) is 31.8 Å². The summed E-state index contributed by atoms with van der Waals surface area (Å²) in [5, 5.41) is 0. The van der Waals surface area contributed by atoms with Gasteiger partial charge in [0.2, 0.25) is 15.9 Å². The van der Waals surface area contributed by atoms with Gasteiger partial charge in [-0.25, -0.2) is 22.2 Å². The van der Waals surface area contributed by atoms with Crippen molar-refractivity contribution in [1.82, 2.24) is 9.55 Å². The highest BCUT2D eigenvalue weighted by atomic mass is 32.2. The number of alkyl halides is 2. The van der Waals surface area contributed by atoms with E-state index in [1.165, 1.54) is 4.31 Å². The molecule has 168 valence electrons. The fraction of sp³-hybridized carbons (Fsp3) is 0.682. The highest BCUT2D eigenvalue weighted by molar-refractivity contribution is 7.92. The Morgan fingerprint density at radius 2 is 1.87 bits per heavy atom. The number of hydrogen-bond donors (Lipinski definition) is 0. The first kappa shape index (κ1) is 23.0. The second kappa shape index (κ2) is 8.09. The van der Waals surface area contributed by atoms with Crippen LogP contribution in [0.3, 0.4) is 0 Å². The van der Waals surface area contributed by atoms with Gasteiger partial charge in [-0.15, -0.1) is 0 Å². The van der Waals surface area contributed by atoms with E-state index < -0.39 is 15.9 Å². The molecule has 1 heterocycles. The van der Waals surface area contributed by atoms with Gasteiger partial charge in [0.1, 0.15) is 5.82 Å². The molecule has 1 fully saturated rings. The van der Waals surface area contributed by atoms with Gasteiger partial charge in [0.15, 0.2) is 0 Å². The summed E-state index contributed by atoms with van der Waals surface area (Å²) in [6, 6.07) is 5.51. The minimum Gasteiger partial charge on any atom is -0.327 e. The van der Waals surface area contributed by atoms with E-state index in [1.807, 2.05) is 19.1 Å². The summed E-state index contributed by atoms with van der Waals surface area (Å²) < 4.78 is 55.5. The van der Waals surface area contributed by atoms with Gasteiger partial charge in [-0.05, 0) is 43.4 Å². The van der Waals surface area contributed by atoms with E-state index in [2.05, 4.69) is 25.3 Å². The van der Waals surface area contributed by atoms with Crippen LogP contribution in [0.15, 0.2) is 18.2 Å². The molecule has 0 unspecified atom stereocenters. The highest BCUT2D eigenvalue weighted by Crippen LogP contribution is 2.38. The molecule has 0 amide bonds. The highest BCUT2D eigenvalue weighted by Gasteiger charge is 2.35. The standard InChI is InChI=1S/C22H33F2N3O2S/c1-6-13-30(28,29)26(5)17-7-8-19-18(14-17)25-20(21(2,3)4)27(19)15-16-9-11-22(23,24)12-10-16/h7-8,14,16H,6,9-13,15H2,1-5H3. The lowest BCUT2D eigenvalue weighted by Gasteiger charge is -2.30. The van der Waals surface area contributed by atoms with Gasteiger partial charge in [-0.2, -0.15) is 0 Å². The summed E-state index contributed by atoms with van der Waals surface area (Å²) in [4.78, 5) is 4.84. The zero-order chi connectivity index (χ0) is 22.3. The molecule has 0 aliphatic heterocycles. The molecule has 30 heavy (non-hydrogen) atoms. The number of benzene rings is 1. The number of fused-ring (bicyclic) bond motifs is 1. The fourth-order valence-corrected chi connectivity index (χ4v) is 5.39. The Hall–Kier alpha value is -1.70. The maximum atomic E-state index is 13.6. The molecule has 0 radical (unpaired) electrons. The van der Waals surface area contributed by atoms with Crippen molar-refractivity contribution in [3.8, 4) is 0 Å². The molecule has 0 atom stereocenters. The number of hydrogen-bond acceptors (Lipinski definition) is 3. The van der Waals surface area contributed by atoms with Gasteiger partial charge < -0.3 is 4.57 Å². The number of imidazole rings is 1. The predicted molar refractivity (Wildman–Crippen MR) is 118 cm³/mol. The quantitative estimate of drug-likeness (QED) is 0.608. The Bertz CT molecular complexity index is 999. The molecule has 2 aromatic rings. The molecule has 0 bridgehead atoms. The van der Waals surface area contributed by atoms with Crippen molar-refractivity contribution >= 4 is 26.7 Å². The molecule has 1 aliphatic carbocycles. The van der Waals surface area contributed by atoms with Gasteiger partial charge in [0.25, 0.3) is 0 Å². The molecule has 0 N–H and O–H groups in total. The molecule has 1 aliphatic rings. The van der Waals surface area contributed by atoms with Crippen LogP contribution in [-0.4, -0.2) is 36.7 Å². The maximum Gasteiger partial charge on any atom is 0.248 e. The van der Waals surface area contributed by atoms with E-state index in [0.717, 1.165) is 16.9 Å². The molecule has 1 saturated carbocycles. The lowest BCUT2D eigenvalue weighted by molar-refractivity contribution is -0.0473. The Morgan fingerprint density at radius 1 is 1.23 bits per heavy atom. The topological polar surface area (TPSA) is 55.2 Å². The van der Waals surface area contributed by atoms with E-state index in [4.69, 9.17) is 4.98 Å². The molecule has 3 rings (SSSR count). The smallest absolute Gasteiger partial charge is 0.248 e. The third-order valence-corrected chi connectivity index (χ3v) is 7.89. The number of rotatable bonds is 6. The molecule has 8 heteroatoms. The van der Waals surface area contributed by atoms with E-state index in [-0.39, 0.29) is 29.9 Å². The van der Waals surface area contributed by atoms with E-state index >= 15 is 0 Å². The van der Waals surface area contributed by atoms with Crippen molar-refractivity contribution in [3.05, 3.63) is 24.0 Å².